The minimum atomic E-state index is -0.573. The second-order valence-corrected chi connectivity index (χ2v) is 6.20. The molecule has 0 aromatic heterocycles. The fraction of sp³-hybridized carbons (Fsp3) is 0.188. The number of hydrogen-bond acceptors (Lipinski definition) is 3. The quantitative estimate of drug-likeness (QED) is 0.656. The first kappa shape index (κ1) is 16.0. The molecule has 0 N–H and O–H groups in total. The molecule has 1 unspecified atom stereocenters. The molecule has 0 heterocycles. The molecular formula is C16H14Br2O3. The number of rotatable bonds is 5. The highest BCUT2D eigenvalue weighted by molar-refractivity contribution is 9.11. The fourth-order valence-corrected chi connectivity index (χ4v) is 2.95. The van der Waals surface area contributed by atoms with Crippen LogP contribution in [0.25, 0.3) is 0 Å². The molecule has 5 heteroatoms. The third-order valence-electron chi connectivity index (χ3n) is 2.94. The highest BCUT2D eigenvalue weighted by Crippen LogP contribution is 2.29. The van der Waals surface area contributed by atoms with Gasteiger partial charge in [-0.1, -0.05) is 15.9 Å². The Hall–Kier alpha value is -1.33. The topological polar surface area (TPSA) is 35.5 Å². The molecule has 0 bridgehead atoms. The van der Waals surface area contributed by atoms with E-state index in [4.69, 9.17) is 9.47 Å². The molecule has 0 fully saturated rings. The number of hydrogen-bond donors (Lipinski definition) is 0. The number of ether oxygens (including phenoxy) is 2. The molecule has 21 heavy (non-hydrogen) atoms. The van der Waals surface area contributed by atoms with E-state index in [1.807, 2.05) is 18.2 Å². The predicted molar refractivity (Wildman–Crippen MR) is 89.3 cm³/mol. The molecule has 2 aromatic carbocycles. The highest BCUT2D eigenvalue weighted by atomic mass is 79.9. The number of benzene rings is 2. The van der Waals surface area contributed by atoms with Crippen molar-refractivity contribution in [3.63, 3.8) is 0 Å². The smallest absolute Gasteiger partial charge is 0.202 e. The van der Waals surface area contributed by atoms with Gasteiger partial charge in [0.2, 0.25) is 5.78 Å². The van der Waals surface area contributed by atoms with Crippen LogP contribution in [0.4, 0.5) is 0 Å². The van der Waals surface area contributed by atoms with E-state index in [0.717, 1.165) is 14.7 Å². The molecule has 0 aliphatic rings. The van der Waals surface area contributed by atoms with Gasteiger partial charge in [-0.05, 0) is 65.3 Å². The Morgan fingerprint density at radius 1 is 1.10 bits per heavy atom. The summed E-state index contributed by atoms with van der Waals surface area (Å²) in [7, 11) is 1.59. The Kier molecular flexibility index (Phi) is 5.42. The SMILES string of the molecule is COc1ccc(C(=O)C(C)Oc2ccc(Br)cc2Br)cc1. The van der Waals surface area contributed by atoms with Crippen molar-refractivity contribution < 1.29 is 14.3 Å². The van der Waals surface area contributed by atoms with E-state index in [1.165, 1.54) is 0 Å². The van der Waals surface area contributed by atoms with E-state index >= 15 is 0 Å². The third-order valence-corrected chi connectivity index (χ3v) is 4.05. The van der Waals surface area contributed by atoms with Gasteiger partial charge >= 0.3 is 0 Å². The lowest BCUT2D eigenvalue weighted by Crippen LogP contribution is -2.24. The minimum Gasteiger partial charge on any atom is -0.497 e. The zero-order chi connectivity index (χ0) is 15.4. The van der Waals surface area contributed by atoms with Crippen molar-refractivity contribution in [2.75, 3.05) is 7.11 Å². The number of Topliss-reactive ketones (excluding diaryl/α,β-unsaturated/α-hetero) is 1. The normalized spacial score (nSPS) is 11.8. The zero-order valence-electron chi connectivity index (χ0n) is 11.6. The van der Waals surface area contributed by atoms with Crippen LogP contribution in [-0.4, -0.2) is 19.0 Å². The Bertz CT molecular complexity index is 638. The van der Waals surface area contributed by atoms with Crippen LogP contribution < -0.4 is 9.47 Å². The minimum absolute atomic E-state index is 0.0764. The summed E-state index contributed by atoms with van der Waals surface area (Å²) in [6.45, 7) is 1.74. The summed E-state index contributed by atoms with van der Waals surface area (Å²) in [5, 5.41) is 0. The molecule has 2 aromatic rings. The van der Waals surface area contributed by atoms with Gasteiger partial charge in [0.1, 0.15) is 11.5 Å². The molecule has 0 aliphatic carbocycles. The van der Waals surface area contributed by atoms with Crippen LogP contribution in [0.5, 0.6) is 11.5 Å². The van der Waals surface area contributed by atoms with E-state index in [-0.39, 0.29) is 5.78 Å². The maximum absolute atomic E-state index is 12.3. The fourth-order valence-electron chi connectivity index (χ4n) is 1.80. The molecule has 0 saturated carbocycles. The summed E-state index contributed by atoms with van der Waals surface area (Å²) < 4.78 is 12.5. The van der Waals surface area contributed by atoms with Crippen LogP contribution >= 0.6 is 31.9 Å². The van der Waals surface area contributed by atoms with Gasteiger partial charge in [0, 0.05) is 10.0 Å². The van der Waals surface area contributed by atoms with Crippen molar-refractivity contribution in [3.8, 4) is 11.5 Å². The van der Waals surface area contributed by atoms with Gasteiger partial charge in [-0.15, -0.1) is 0 Å². The van der Waals surface area contributed by atoms with Crippen molar-refractivity contribution in [1.29, 1.82) is 0 Å². The Balaban J connectivity index is 2.11. The van der Waals surface area contributed by atoms with Gasteiger partial charge in [0.15, 0.2) is 6.10 Å². The first-order valence-corrected chi connectivity index (χ1v) is 7.90. The van der Waals surface area contributed by atoms with Crippen LogP contribution in [-0.2, 0) is 0 Å². The van der Waals surface area contributed by atoms with Gasteiger partial charge in [-0.25, -0.2) is 0 Å². The molecular weight excluding hydrogens is 400 g/mol. The monoisotopic (exact) mass is 412 g/mol. The van der Waals surface area contributed by atoms with Crippen LogP contribution in [0.2, 0.25) is 0 Å². The van der Waals surface area contributed by atoms with Crippen LogP contribution in [0.1, 0.15) is 17.3 Å². The standard InChI is InChI=1S/C16H14Br2O3/c1-10(21-15-8-5-12(17)9-14(15)18)16(19)11-3-6-13(20-2)7-4-11/h3-10H,1-2H3. The Morgan fingerprint density at radius 2 is 1.76 bits per heavy atom. The average molecular weight is 414 g/mol. The van der Waals surface area contributed by atoms with E-state index in [1.54, 1.807) is 38.3 Å². The van der Waals surface area contributed by atoms with E-state index in [0.29, 0.717) is 11.3 Å². The average Bonchev–Trinajstić information content (AvgIpc) is 2.49. The molecule has 1 atom stereocenters. The van der Waals surface area contributed by atoms with Gasteiger partial charge in [0.05, 0.1) is 11.6 Å². The maximum atomic E-state index is 12.3. The Morgan fingerprint density at radius 3 is 2.33 bits per heavy atom. The molecule has 2 rings (SSSR count). The van der Waals surface area contributed by atoms with Gasteiger partial charge in [0.25, 0.3) is 0 Å². The summed E-state index contributed by atoms with van der Waals surface area (Å²) in [5.41, 5.74) is 0.594. The van der Waals surface area contributed by atoms with Gasteiger partial charge < -0.3 is 9.47 Å². The van der Waals surface area contributed by atoms with E-state index in [2.05, 4.69) is 31.9 Å². The lowest BCUT2D eigenvalue weighted by atomic mass is 10.1. The lowest BCUT2D eigenvalue weighted by molar-refractivity contribution is 0.0817. The second-order valence-electron chi connectivity index (χ2n) is 4.43. The van der Waals surface area contributed by atoms with Crippen molar-refractivity contribution >= 4 is 37.6 Å². The van der Waals surface area contributed by atoms with Crippen molar-refractivity contribution in [3.05, 3.63) is 57.0 Å². The van der Waals surface area contributed by atoms with Crippen LogP contribution in [0, 0.1) is 0 Å². The van der Waals surface area contributed by atoms with E-state index < -0.39 is 6.10 Å². The molecule has 3 nitrogen and oxygen atoms in total. The highest BCUT2D eigenvalue weighted by Gasteiger charge is 2.18. The molecule has 0 radical (unpaired) electrons. The molecule has 110 valence electrons. The van der Waals surface area contributed by atoms with Crippen molar-refractivity contribution in [2.24, 2.45) is 0 Å². The number of ketones is 1. The number of methoxy groups -OCH3 is 1. The summed E-state index contributed by atoms with van der Waals surface area (Å²) in [6, 6.07) is 12.5. The van der Waals surface area contributed by atoms with Crippen LogP contribution in [0.3, 0.4) is 0 Å². The first-order valence-electron chi connectivity index (χ1n) is 6.31. The third kappa shape index (κ3) is 4.08. The maximum Gasteiger partial charge on any atom is 0.202 e. The number of halogens is 2. The van der Waals surface area contributed by atoms with Crippen LogP contribution in [0.15, 0.2) is 51.4 Å². The summed E-state index contributed by atoms with van der Waals surface area (Å²) in [6.07, 6.45) is -0.573. The van der Waals surface area contributed by atoms with Gasteiger partial charge in [-0.3, -0.25) is 4.79 Å². The molecule has 0 saturated heterocycles. The Labute approximate surface area is 140 Å². The lowest BCUT2D eigenvalue weighted by Gasteiger charge is -2.15. The first-order chi connectivity index (χ1) is 10.0. The molecule has 0 spiro atoms. The number of carbonyl (C=O) groups is 1. The second kappa shape index (κ2) is 7.09. The largest absolute Gasteiger partial charge is 0.497 e. The molecule has 0 aliphatic heterocycles. The van der Waals surface area contributed by atoms with Crippen molar-refractivity contribution in [2.45, 2.75) is 13.0 Å². The van der Waals surface area contributed by atoms with Gasteiger partial charge in [-0.2, -0.15) is 0 Å². The predicted octanol–water partition coefficient (Wildman–Crippen LogP) is 4.87. The number of carbonyl (C=O) groups excluding carboxylic acids is 1. The summed E-state index contributed by atoms with van der Waals surface area (Å²) >= 11 is 6.79. The molecule has 0 amide bonds. The van der Waals surface area contributed by atoms with E-state index in [9.17, 15) is 4.79 Å². The summed E-state index contributed by atoms with van der Waals surface area (Å²) in [5.74, 6) is 1.27. The zero-order valence-corrected chi connectivity index (χ0v) is 14.8. The van der Waals surface area contributed by atoms with Crippen molar-refractivity contribution in [1.82, 2.24) is 0 Å². The summed E-state index contributed by atoms with van der Waals surface area (Å²) in [4.78, 5) is 12.3.